The monoisotopic (exact) mass is 358 g/mol. The largest absolute Gasteiger partial charge is 0.417 e. The molecule has 26 heavy (non-hydrogen) atoms. The van der Waals surface area contributed by atoms with Gasteiger partial charge in [0.25, 0.3) is 5.89 Å². The maximum Gasteiger partial charge on any atom is 0.417 e. The molecule has 0 aliphatic rings. The molecule has 0 atom stereocenters. The van der Waals surface area contributed by atoms with Crippen LogP contribution in [0.25, 0.3) is 33.9 Å². The van der Waals surface area contributed by atoms with Gasteiger partial charge in [0, 0.05) is 12.1 Å². The predicted octanol–water partition coefficient (Wildman–Crippen LogP) is 4.79. The summed E-state index contributed by atoms with van der Waals surface area (Å²) >= 11 is 0. The van der Waals surface area contributed by atoms with E-state index in [0.29, 0.717) is 5.56 Å². The van der Waals surface area contributed by atoms with Crippen LogP contribution in [0.5, 0.6) is 0 Å². The summed E-state index contributed by atoms with van der Waals surface area (Å²) in [4.78, 5) is 8.46. The maximum atomic E-state index is 13.2. The van der Waals surface area contributed by atoms with Crippen molar-refractivity contribution in [2.24, 2.45) is 0 Å². The van der Waals surface area contributed by atoms with Crippen LogP contribution in [0.4, 0.5) is 13.2 Å². The van der Waals surface area contributed by atoms with Gasteiger partial charge in [-0.3, -0.25) is 0 Å². The third-order valence-corrected chi connectivity index (χ3v) is 4.11. The van der Waals surface area contributed by atoms with E-state index >= 15 is 0 Å². The fraction of sp³-hybridized carbons (Fsp3) is 0.167. The minimum Gasteiger partial charge on any atom is -0.334 e. The van der Waals surface area contributed by atoms with Crippen LogP contribution in [0.1, 0.15) is 12.5 Å². The van der Waals surface area contributed by atoms with Crippen LogP contribution in [0.3, 0.4) is 0 Å². The van der Waals surface area contributed by atoms with E-state index in [-0.39, 0.29) is 17.3 Å². The number of hydrogen-bond donors (Lipinski definition) is 0. The Morgan fingerprint density at radius 3 is 2.69 bits per heavy atom. The average molecular weight is 358 g/mol. The lowest BCUT2D eigenvalue weighted by Crippen LogP contribution is -2.06. The number of nitrogens with zero attached hydrogens (tertiary/aromatic N) is 4. The van der Waals surface area contributed by atoms with Crippen molar-refractivity contribution in [3.63, 3.8) is 0 Å². The molecular weight excluding hydrogens is 345 g/mol. The van der Waals surface area contributed by atoms with Crippen LogP contribution in [0, 0.1) is 0 Å². The molecular formula is C18H13F3N4O. The average Bonchev–Trinajstić information content (AvgIpc) is 3.27. The fourth-order valence-electron chi connectivity index (χ4n) is 2.82. The molecule has 0 saturated carbocycles. The molecule has 2 aromatic carbocycles. The van der Waals surface area contributed by atoms with Crippen LogP contribution in [-0.4, -0.2) is 19.7 Å². The second-order valence-electron chi connectivity index (χ2n) is 5.70. The van der Waals surface area contributed by atoms with Crippen molar-refractivity contribution in [1.82, 2.24) is 19.7 Å². The van der Waals surface area contributed by atoms with Crippen LogP contribution in [0.2, 0.25) is 0 Å². The first-order valence-corrected chi connectivity index (χ1v) is 7.93. The molecule has 0 N–H and O–H groups in total. The molecule has 0 aliphatic heterocycles. The highest BCUT2D eigenvalue weighted by Gasteiger charge is 2.34. The number of benzene rings is 2. The van der Waals surface area contributed by atoms with Gasteiger partial charge in [-0.2, -0.15) is 18.2 Å². The second kappa shape index (κ2) is 5.98. The Labute approximate surface area is 146 Å². The van der Waals surface area contributed by atoms with E-state index in [1.807, 2.05) is 17.6 Å². The molecule has 0 amide bonds. The van der Waals surface area contributed by atoms with Gasteiger partial charge in [0.1, 0.15) is 0 Å². The number of aromatic nitrogens is 4. The Balaban J connectivity index is 1.76. The summed E-state index contributed by atoms with van der Waals surface area (Å²) in [6, 6.07) is 10.6. The SMILES string of the molecule is CCn1cnc2cc(-c3noc(-c4ccccc4C(F)(F)F)n3)ccc21. The quantitative estimate of drug-likeness (QED) is 0.528. The Morgan fingerprint density at radius 1 is 1.12 bits per heavy atom. The number of halogens is 3. The first-order valence-electron chi connectivity index (χ1n) is 7.93. The molecule has 0 spiro atoms. The summed E-state index contributed by atoms with van der Waals surface area (Å²) in [5, 5.41) is 3.83. The molecule has 2 heterocycles. The van der Waals surface area contributed by atoms with E-state index in [4.69, 9.17) is 4.52 Å². The van der Waals surface area contributed by atoms with Crippen molar-refractivity contribution in [3.8, 4) is 22.8 Å². The summed E-state index contributed by atoms with van der Waals surface area (Å²) in [6.45, 7) is 2.80. The molecule has 0 unspecified atom stereocenters. The van der Waals surface area contributed by atoms with Crippen LogP contribution in [0.15, 0.2) is 53.3 Å². The number of rotatable bonds is 3. The van der Waals surface area contributed by atoms with E-state index in [0.717, 1.165) is 23.6 Å². The number of aryl methyl sites for hydroxylation is 1. The van der Waals surface area contributed by atoms with Crippen LogP contribution < -0.4 is 0 Å². The summed E-state index contributed by atoms with van der Waals surface area (Å²) in [5.41, 5.74) is 1.38. The number of fused-ring (bicyclic) bond motifs is 1. The normalized spacial score (nSPS) is 12.0. The van der Waals surface area contributed by atoms with Gasteiger partial charge in [0.2, 0.25) is 5.82 Å². The van der Waals surface area contributed by atoms with E-state index in [1.165, 1.54) is 18.2 Å². The molecule has 8 heteroatoms. The van der Waals surface area contributed by atoms with Crippen molar-refractivity contribution in [2.75, 3.05) is 0 Å². The Hall–Kier alpha value is -3.16. The molecule has 0 bridgehead atoms. The highest BCUT2D eigenvalue weighted by Crippen LogP contribution is 2.36. The summed E-state index contributed by atoms with van der Waals surface area (Å²) in [7, 11) is 0. The molecule has 5 nitrogen and oxygen atoms in total. The van der Waals surface area contributed by atoms with Gasteiger partial charge in [-0.05, 0) is 37.3 Å². The van der Waals surface area contributed by atoms with Gasteiger partial charge in [-0.25, -0.2) is 4.98 Å². The third kappa shape index (κ3) is 2.73. The maximum absolute atomic E-state index is 13.2. The van der Waals surface area contributed by atoms with Gasteiger partial charge < -0.3 is 9.09 Å². The van der Waals surface area contributed by atoms with E-state index in [9.17, 15) is 13.2 Å². The van der Waals surface area contributed by atoms with Crippen molar-refractivity contribution < 1.29 is 17.7 Å². The minimum atomic E-state index is -4.50. The third-order valence-electron chi connectivity index (χ3n) is 4.11. The number of imidazole rings is 1. The minimum absolute atomic E-state index is 0.143. The van der Waals surface area contributed by atoms with E-state index < -0.39 is 11.7 Å². The lowest BCUT2D eigenvalue weighted by atomic mass is 10.1. The first-order chi connectivity index (χ1) is 12.5. The zero-order chi connectivity index (χ0) is 18.3. The summed E-state index contributed by atoms with van der Waals surface area (Å²) < 4.78 is 46.6. The number of hydrogen-bond acceptors (Lipinski definition) is 4. The van der Waals surface area contributed by atoms with Gasteiger partial charge in [0.15, 0.2) is 0 Å². The fourth-order valence-corrected chi connectivity index (χ4v) is 2.82. The molecule has 4 rings (SSSR count). The summed E-state index contributed by atoms with van der Waals surface area (Å²) in [5.74, 6) is 0.0389. The Bertz CT molecular complexity index is 1080. The molecule has 2 aromatic heterocycles. The Kier molecular flexibility index (Phi) is 3.75. The zero-order valence-corrected chi connectivity index (χ0v) is 13.7. The molecule has 0 aliphatic carbocycles. The van der Waals surface area contributed by atoms with Crippen LogP contribution in [-0.2, 0) is 12.7 Å². The van der Waals surface area contributed by atoms with Gasteiger partial charge >= 0.3 is 6.18 Å². The zero-order valence-electron chi connectivity index (χ0n) is 13.7. The van der Waals surface area contributed by atoms with E-state index in [2.05, 4.69) is 15.1 Å². The topological polar surface area (TPSA) is 56.7 Å². The second-order valence-corrected chi connectivity index (χ2v) is 5.70. The van der Waals surface area contributed by atoms with Gasteiger partial charge in [0.05, 0.1) is 28.5 Å². The van der Waals surface area contributed by atoms with Crippen molar-refractivity contribution >= 4 is 11.0 Å². The Morgan fingerprint density at radius 2 is 1.92 bits per heavy atom. The predicted molar refractivity (Wildman–Crippen MR) is 89.1 cm³/mol. The number of alkyl halides is 3. The standard InChI is InChI=1S/C18H13F3N4O/c1-2-25-10-22-14-9-11(7-8-15(14)25)16-23-17(26-24-16)12-5-3-4-6-13(12)18(19,20)21/h3-10H,2H2,1H3. The molecule has 132 valence electrons. The first kappa shape index (κ1) is 16.3. The molecule has 4 aromatic rings. The molecule has 0 fully saturated rings. The van der Waals surface area contributed by atoms with Crippen molar-refractivity contribution in [1.29, 1.82) is 0 Å². The van der Waals surface area contributed by atoms with Gasteiger partial charge in [-0.15, -0.1) is 0 Å². The van der Waals surface area contributed by atoms with Crippen LogP contribution >= 0.6 is 0 Å². The smallest absolute Gasteiger partial charge is 0.334 e. The molecule has 0 saturated heterocycles. The van der Waals surface area contributed by atoms with E-state index in [1.54, 1.807) is 18.5 Å². The van der Waals surface area contributed by atoms with Gasteiger partial charge in [-0.1, -0.05) is 17.3 Å². The lowest BCUT2D eigenvalue weighted by molar-refractivity contribution is -0.137. The van der Waals surface area contributed by atoms with Crippen molar-refractivity contribution in [3.05, 3.63) is 54.4 Å². The molecule has 0 radical (unpaired) electrons. The summed E-state index contributed by atoms with van der Waals surface area (Å²) in [6.07, 6.45) is -2.77. The highest BCUT2D eigenvalue weighted by molar-refractivity contribution is 5.80. The highest BCUT2D eigenvalue weighted by atomic mass is 19.4. The van der Waals surface area contributed by atoms with Crippen molar-refractivity contribution in [2.45, 2.75) is 19.6 Å². The lowest BCUT2D eigenvalue weighted by Gasteiger charge is -2.09.